The number of carbonyl (C=O) groups is 1. The van der Waals surface area contributed by atoms with E-state index in [1.807, 2.05) is 0 Å². The highest BCUT2D eigenvalue weighted by Gasteiger charge is 2.17. The molecular weight excluding hydrogens is 438 g/mol. The highest BCUT2D eigenvalue weighted by atomic mass is 32.1. The first-order valence-corrected chi connectivity index (χ1v) is 10.2. The van der Waals surface area contributed by atoms with Crippen molar-refractivity contribution in [3.8, 4) is 38.7 Å². The minimum absolute atomic E-state index is 0.0542. The number of nitrogens with zero attached hydrogens (tertiary/aromatic N) is 1. The summed E-state index contributed by atoms with van der Waals surface area (Å²) in [5.74, 6) is -1.06. The first kappa shape index (κ1) is 21.4. The smallest absolute Gasteiger partial charge is 0.387 e. The fraction of sp³-hybridized carbons (Fsp3) is 0.0435. The second kappa shape index (κ2) is 9.13. The number of carboxylic acids is 1. The molecule has 0 aliphatic heterocycles. The molecule has 0 bridgehead atoms. The maximum Gasteiger partial charge on any atom is 0.387 e. The van der Waals surface area contributed by atoms with Gasteiger partial charge in [0.2, 0.25) is 0 Å². The van der Waals surface area contributed by atoms with Crippen LogP contribution in [0.1, 0.15) is 10.4 Å². The number of benzene rings is 3. The molecule has 6 nitrogen and oxygen atoms in total. The van der Waals surface area contributed by atoms with Crippen molar-refractivity contribution in [2.75, 3.05) is 5.48 Å². The molecule has 0 aliphatic rings. The molecule has 4 aromatic rings. The molecule has 3 N–H and O–H groups in total. The topological polar surface area (TPSA) is 91.7 Å². The maximum atomic E-state index is 12.3. The molecule has 0 spiro atoms. The Morgan fingerprint density at radius 3 is 2.41 bits per heavy atom. The Kier molecular flexibility index (Phi) is 6.11. The number of hydrogen-bond donors (Lipinski definition) is 3. The number of nitrogens with one attached hydrogen (secondary N) is 1. The number of carboxylic acid groups (broad SMARTS) is 1. The van der Waals surface area contributed by atoms with Gasteiger partial charge < -0.3 is 9.84 Å². The van der Waals surface area contributed by atoms with Crippen molar-refractivity contribution < 1.29 is 28.6 Å². The summed E-state index contributed by atoms with van der Waals surface area (Å²) >= 11 is 1.33. The van der Waals surface area contributed by atoms with Crippen LogP contribution in [0.2, 0.25) is 0 Å². The third-order valence-electron chi connectivity index (χ3n) is 4.71. The van der Waals surface area contributed by atoms with Crippen molar-refractivity contribution in [3.05, 3.63) is 77.7 Å². The predicted octanol–water partition coefficient (Wildman–Crippen LogP) is 6.24. The summed E-state index contributed by atoms with van der Waals surface area (Å²) in [7, 11) is 0. The highest BCUT2D eigenvalue weighted by molar-refractivity contribution is 7.13. The number of alkyl halides is 2. The number of halogens is 2. The van der Waals surface area contributed by atoms with E-state index < -0.39 is 12.6 Å². The van der Waals surface area contributed by atoms with Gasteiger partial charge in [-0.1, -0.05) is 30.3 Å². The lowest BCUT2D eigenvalue weighted by Crippen LogP contribution is -2.02. The molecule has 0 amide bonds. The Balaban J connectivity index is 1.67. The van der Waals surface area contributed by atoms with E-state index in [9.17, 15) is 23.9 Å². The standard InChI is InChI=1S/C23H16F2N2O4S/c24-23(25)31-15-8-5-13(6-9-15)20-12-32-21(26-20)14-7-10-16(18(11-14)22(28)29)17-3-1-2-4-19(17)27-30/h1-12,23,27,30H,(H,28,29). The number of rotatable bonds is 7. The van der Waals surface area contributed by atoms with Gasteiger partial charge in [-0.3, -0.25) is 10.7 Å². The molecule has 162 valence electrons. The summed E-state index contributed by atoms with van der Waals surface area (Å²) in [5, 5.41) is 21.5. The first-order valence-electron chi connectivity index (χ1n) is 9.34. The minimum atomic E-state index is -2.89. The molecule has 4 rings (SSSR count). The molecule has 0 fully saturated rings. The fourth-order valence-electron chi connectivity index (χ4n) is 3.25. The third-order valence-corrected chi connectivity index (χ3v) is 5.61. The van der Waals surface area contributed by atoms with Crippen molar-refractivity contribution >= 4 is 23.0 Å². The van der Waals surface area contributed by atoms with Crippen LogP contribution in [0.25, 0.3) is 33.0 Å². The Labute approximate surface area is 185 Å². The van der Waals surface area contributed by atoms with Crippen LogP contribution >= 0.6 is 11.3 Å². The van der Waals surface area contributed by atoms with Crippen LogP contribution in [-0.2, 0) is 0 Å². The van der Waals surface area contributed by atoms with Gasteiger partial charge in [-0.05, 0) is 42.0 Å². The Morgan fingerprint density at radius 2 is 1.72 bits per heavy atom. The van der Waals surface area contributed by atoms with E-state index in [0.29, 0.717) is 38.6 Å². The van der Waals surface area contributed by atoms with Crippen molar-refractivity contribution in [2.45, 2.75) is 6.61 Å². The number of ether oxygens (including phenoxy) is 1. The number of aromatic nitrogens is 1. The van der Waals surface area contributed by atoms with Crippen molar-refractivity contribution in [1.29, 1.82) is 0 Å². The quantitative estimate of drug-likeness (QED) is 0.286. The van der Waals surface area contributed by atoms with E-state index in [1.165, 1.54) is 29.5 Å². The van der Waals surface area contributed by atoms with E-state index in [-0.39, 0.29) is 11.3 Å². The van der Waals surface area contributed by atoms with E-state index in [0.717, 1.165) is 0 Å². The first-order chi connectivity index (χ1) is 15.5. The van der Waals surface area contributed by atoms with Crippen molar-refractivity contribution in [3.63, 3.8) is 0 Å². The monoisotopic (exact) mass is 454 g/mol. The van der Waals surface area contributed by atoms with E-state index >= 15 is 0 Å². The van der Waals surface area contributed by atoms with Gasteiger partial charge in [0.1, 0.15) is 10.8 Å². The zero-order valence-electron chi connectivity index (χ0n) is 16.3. The summed E-state index contributed by atoms with van der Waals surface area (Å²) in [4.78, 5) is 16.5. The van der Waals surface area contributed by atoms with E-state index in [1.54, 1.807) is 53.9 Å². The summed E-state index contributed by atoms with van der Waals surface area (Å²) in [6.07, 6.45) is 0. The number of para-hydroxylation sites is 1. The summed E-state index contributed by atoms with van der Waals surface area (Å²) < 4.78 is 29.0. The molecule has 1 heterocycles. The average Bonchev–Trinajstić information content (AvgIpc) is 3.29. The van der Waals surface area contributed by atoms with Crippen LogP contribution in [0, 0.1) is 0 Å². The van der Waals surface area contributed by atoms with Gasteiger partial charge in [-0.15, -0.1) is 11.3 Å². The van der Waals surface area contributed by atoms with Gasteiger partial charge in [-0.2, -0.15) is 8.78 Å². The molecule has 0 radical (unpaired) electrons. The second-order valence-corrected chi connectivity index (χ2v) is 7.52. The fourth-order valence-corrected chi connectivity index (χ4v) is 4.08. The number of aromatic carboxylic acids is 1. The largest absolute Gasteiger partial charge is 0.478 e. The summed E-state index contributed by atoms with van der Waals surface area (Å²) in [5.41, 5.74) is 5.50. The van der Waals surface area contributed by atoms with Crippen LogP contribution < -0.4 is 10.2 Å². The lowest BCUT2D eigenvalue weighted by Gasteiger charge is -2.12. The van der Waals surface area contributed by atoms with Gasteiger partial charge in [0.05, 0.1) is 16.9 Å². The van der Waals surface area contributed by atoms with Gasteiger partial charge in [0.15, 0.2) is 0 Å². The predicted molar refractivity (Wildman–Crippen MR) is 117 cm³/mol. The van der Waals surface area contributed by atoms with Gasteiger partial charge in [-0.25, -0.2) is 9.78 Å². The van der Waals surface area contributed by atoms with Crippen LogP contribution in [0.3, 0.4) is 0 Å². The van der Waals surface area contributed by atoms with Crippen LogP contribution in [0.15, 0.2) is 72.1 Å². The molecule has 0 atom stereocenters. The lowest BCUT2D eigenvalue weighted by molar-refractivity contribution is -0.0498. The third kappa shape index (κ3) is 4.43. The van der Waals surface area contributed by atoms with E-state index in [4.69, 9.17) is 0 Å². The van der Waals surface area contributed by atoms with Gasteiger partial charge >= 0.3 is 12.6 Å². The molecule has 1 aromatic heterocycles. The molecule has 32 heavy (non-hydrogen) atoms. The lowest BCUT2D eigenvalue weighted by atomic mass is 9.96. The highest BCUT2D eigenvalue weighted by Crippen LogP contribution is 2.35. The Hall–Kier alpha value is -3.82. The number of thiazole rings is 1. The Bertz CT molecular complexity index is 1260. The average molecular weight is 454 g/mol. The molecule has 0 saturated carbocycles. The van der Waals surface area contributed by atoms with Crippen LogP contribution in [0.4, 0.5) is 14.5 Å². The molecule has 3 aromatic carbocycles. The SMILES string of the molecule is O=C(O)c1cc(-c2nc(-c3ccc(OC(F)F)cc3)cs2)ccc1-c1ccccc1NO. The zero-order valence-corrected chi connectivity index (χ0v) is 17.1. The minimum Gasteiger partial charge on any atom is -0.478 e. The van der Waals surface area contributed by atoms with Crippen molar-refractivity contribution in [1.82, 2.24) is 4.98 Å². The van der Waals surface area contributed by atoms with E-state index in [2.05, 4.69) is 15.2 Å². The second-order valence-electron chi connectivity index (χ2n) is 6.66. The Morgan fingerprint density at radius 1 is 1.00 bits per heavy atom. The van der Waals surface area contributed by atoms with Gasteiger partial charge in [0.25, 0.3) is 0 Å². The molecule has 9 heteroatoms. The van der Waals surface area contributed by atoms with Crippen molar-refractivity contribution in [2.24, 2.45) is 0 Å². The normalized spacial score (nSPS) is 10.9. The summed E-state index contributed by atoms with van der Waals surface area (Å²) in [6.45, 7) is -2.89. The van der Waals surface area contributed by atoms with Crippen LogP contribution in [-0.4, -0.2) is 27.9 Å². The maximum absolute atomic E-state index is 12.3. The molecular formula is C23H16F2N2O4S. The molecule has 0 saturated heterocycles. The van der Waals surface area contributed by atoms with Gasteiger partial charge in [0, 0.05) is 22.1 Å². The number of hydrogen-bond acceptors (Lipinski definition) is 6. The van der Waals surface area contributed by atoms with Crippen LogP contribution in [0.5, 0.6) is 5.75 Å². The number of anilines is 1. The molecule has 0 unspecified atom stereocenters. The summed E-state index contributed by atoms with van der Waals surface area (Å²) in [6, 6.07) is 17.9. The zero-order chi connectivity index (χ0) is 22.7. The molecule has 0 aliphatic carbocycles.